The molecule has 1 unspecified atom stereocenters. The van der Waals surface area contributed by atoms with Crippen LogP contribution in [0.5, 0.6) is 0 Å². The Hall–Kier alpha value is -1.95. The van der Waals surface area contributed by atoms with Gasteiger partial charge in [-0.1, -0.05) is 6.90 Å². The van der Waals surface area contributed by atoms with Gasteiger partial charge in [-0.15, -0.1) is 0 Å². The molecule has 1 saturated heterocycles. The van der Waals surface area contributed by atoms with Crippen molar-refractivity contribution >= 4 is 18.0 Å². The topological polar surface area (TPSA) is 164 Å². The van der Waals surface area contributed by atoms with Crippen LogP contribution in [0.25, 0.3) is 0 Å². The van der Waals surface area contributed by atoms with Crippen LogP contribution in [0.15, 0.2) is 0 Å². The Labute approximate surface area is 177 Å². The molecule has 5 atom stereocenters. The van der Waals surface area contributed by atoms with Gasteiger partial charge in [-0.3, -0.25) is 9.59 Å². The van der Waals surface area contributed by atoms with Crippen molar-refractivity contribution in [2.75, 3.05) is 13.2 Å². The van der Waals surface area contributed by atoms with Gasteiger partial charge in [0.15, 0.2) is 6.29 Å². The number of hydrogen-bond donors (Lipinski definition) is 5. The molecule has 2 amide bonds. The van der Waals surface area contributed by atoms with Crippen molar-refractivity contribution in [3.05, 3.63) is 0 Å². The van der Waals surface area contributed by atoms with Gasteiger partial charge >= 0.3 is 12.1 Å². The highest BCUT2D eigenvalue weighted by Gasteiger charge is 2.44. The molecule has 1 aliphatic heterocycles. The summed E-state index contributed by atoms with van der Waals surface area (Å²) in [7, 11) is 0. The largest absolute Gasteiger partial charge is 0.463 e. The second kappa shape index (κ2) is 12.0. The lowest BCUT2D eigenvalue weighted by atomic mass is 9.97. The molecule has 0 aromatic heterocycles. The number of carbonyl (C=O) groups excluding carboxylic acids is 3. The van der Waals surface area contributed by atoms with Crippen LogP contribution in [0.4, 0.5) is 4.79 Å². The van der Waals surface area contributed by atoms with Crippen molar-refractivity contribution in [1.82, 2.24) is 10.6 Å². The SMILES string of the molecule is [2H]CCCC(=O)N[C@H]1C(O)O[C@H](COC(=O)CCCNC(=O)OC(C)(C)C)[C@@H](O)[C@@H]1O. The highest BCUT2D eigenvalue weighted by Crippen LogP contribution is 2.20. The third kappa shape index (κ3) is 9.24. The van der Waals surface area contributed by atoms with E-state index in [2.05, 4.69) is 10.6 Å². The average Bonchev–Trinajstić information content (AvgIpc) is 2.67. The number of carbonyl (C=O) groups is 3. The van der Waals surface area contributed by atoms with Crippen molar-refractivity contribution in [1.29, 1.82) is 0 Å². The lowest BCUT2D eigenvalue weighted by Gasteiger charge is -2.40. The maximum absolute atomic E-state index is 11.8. The Morgan fingerprint density at radius 3 is 2.47 bits per heavy atom. The van der Waals surface area contributed by atoms with E-state index < -0.39 is 60.8 Å². The third-order valence-electron chi connectivity index (χ3n) is 4.09. The molecule has 5 N–H and O–H groups in total. The Bertz CT molecular complexity index is 599. The van der Waals surface area contributed by atoms with E-state index in [0.29, 0.717) is 12.8 Å². The lowest BCUT2D eigenvalue weighted by molar-refractivity contribution is -0.255. The van der Waals surface area contributed by atoms with Crippen molar-refractivity contribution in [3.63, 3.8) is 0 Å². The zero-order valence-corrected chi connectivity index (χ0v) is 17.6. The summed E-state index contributed by atoms with van der Waals surface area (Å²) in [6.45, 7) is 5.05. The summed E-state index contributed by atoms with van der Waals surface area (Å²) in [6.07, 6.45) is -5.79. The highest BCUT2D eigenvalue weighted by atomic mass is 16.6. The molecule has 1 aliphatic rings. The van der Waals surface area contributed by atoms with Crippen LogP contribution in [0.2, 0.25) is 0 Å². The smallest absolute Gasteiger partial charge is 0.407 e. The number of aliphatic hydroxyl groups is 3. The molecule has 11 nitrogen and oxygen atoms in total. The van der Waals surface area contributed by atoms with Crippen LogP contribution < -0.4 is 10.6 Å². The average molecular weight is 435 g/mol. The van der Waals surface area contributed by atoms with E-state index in [1.807, 2.05) is 0 Å². The van der Waals surface area contributed by atoms with E-state index >= 15 is 0 Å². The highest BCUT2D eigenvalue weighted by molar-refractivity contribution is 5.76. The Balaban J connectivity index is 2.35. The number of alkyl carbamates (subject to hydrolysis) is 1. The fourth-order valence-corrected chi connectivity index (χ4v) is 2.64. The summed E-state index contributed by atoms with van der Waals surface area (Å²) in [5, 5.41) is 35.3. The standard InChI is InChI=1S/C19H34N2O9/c1-5-7-12(22)21-14-16(25)15(24)11(29-17(14)26)10-28-13(23)8-6-9-20-18(27)30-19(2,3)4/h11,14-17,24-26H,5-10H2,1-4H3,(H,20,27)(H,21,22)/t11-,14-,15-,16-,17?/m1/s1/i1D. The number of nitrogens with one attached hydrogen (secondary N) is 2. The van der Waals surface area contributed by atoms with Crippen LogP contribution in [-0.2, 0) is 23.8 Å². The molecular formula is C19H34N2O9. The fraction of sp³-hybridized carbons (Fsp3) is 0.842. The molecule has 1 heterocycles. The predicted octanol–water partition coefficient (Wildman–Crippen LogP) is -0.442. The van der Waals surface area contributed by atoms with Gasteiger partial charge in [-0.05, 0) is 33.6 Å². The van der Waals surface area contributed by atoms with E-state index in [9.17, 15) is 29.7 Å². The van der Waals surface area contributed by atoms with E-state index in [1.54, 1.807) is 20.8 Å². The van der Waals surface area contributed by atoms with E-state index in [0.717, 1.165) is 0 Å². The molecular weight excluding hydrogens is 400 g/mol. The first-order chi connectivity index (χ1) is 14.4. The van der Waals surface area contributed by atoms with Crippen molar-refractivity contribution in [2.45, 2.75) is 89.6 Å². The van der Waals surface area contributed by atoms with Crippen LogP contribution >= 0.6 is 0 Å². The van der Waals surface area contributed by atoms with Crippen LogP contribution in [0.3, 0.4) is 0 Å². The lowest BCUT2D eigenvalue weighted by Crippen LogP contribution is -2.64. The maximum Gasteiger partial charge on any atom is 0.407 e. The minimum absolute atomic E-state index is 0.0155. The first kappa shape index (κ1) is 24.3. The second-order valence-corrected chi connectivity index (χ2v) is 7.96. The van der Waals surface area contributed by atoms with Gasteiger partial charge in [0, 0.05) is 20.8 Å². The van der Waals surface area contributed by atoms with Crippen molar-refractivity contribution in [3.8, 4) is 0 Å². The van der Waals surface area contributed by atoms with Crippen LogP contribution in [-0.4, -0.2) is 82.7 Å². The summed E-state index contributed by atoms with van der Waals surface area (Å²) in [6, 6.07) is -1.25. The Morgan fingerprint density at radius 1 is 1.13 bits per heavy atom. The van der Waals surface area contributed by atoms with Gasteiger partial charge in [-0.2, -0.15) is 0 Å². The van der Waals surface area contributed by atoms with Gasteiger partial charge in [-0.25, -0.2) is 4.79 Å². The van der Waals surface area contributed by atoms with E-state index in [4.69, 9.17) is 15.6 Å². The van der Waals surface area contributed by atoms with Gasteiger partial charge in [0.05, 0.1) is 0 Å². The molecule has 11 heteroatoms. The maximum atomic E-state index is 11.8. The van der Waals surface area contributed by atoms with E-state index in [-0.39, 0.29) is 26.3 Å². The summed E-state index contributed by atoms with van der Waals surface area (Å²) < 4.78 is 22.3. The normalized spacial score (nSPS) is 27.0. The van der Waals surface area contributed by atoms with Crippen molar-refractivity contribution in [2.24, 2.45) is 0 Å². The molecule has 1 rings (SSSR count). The van der Waals surface area contributed by atoms with Gasteiger partial charge < -0.3 is 40.2 Å². The molecule has 0 saturated carbocycles. The first-order valence-corrected chi connectivity index (χ1v) is 9.85. The zero-order valence-electron chi connectivity index (χ0n) is 18.6. The first-order valence-electron chi connectivity index (χ1n) is 10.6. The molecule has 174 valence electrons. The van der Waals surface area contributed by atoms with Gasteiger partial charge in [0.25, 0.3) is 0 Å². The summed E-state index contributed by atoms with van der Waals surface area (Å²) in [4.78, 5) is 35.1. The van der Waals surface area contributed by atoms with Crippen molar-refractivity contribution < 1.29 is 45.3 Å². The van der Waals surface area contributed by atoms with Crippen LogP contribution in [0, 0.1) is 0 Å². The number of aliphatic hydroxyl groups excluding tert-OH is 3. The molecule has 0 bridgehead atoms. The summed E-state index contributed by atoms with van der Waals surface area (Å²) >= 11 is 0. The third-order valence-corrected chi connectivity index (χ3v) is 4.09. The predicted molar refractivity (Wildman–Crippen MR) is 104 cm³/mol. The number of esters is 1. The zero-order chi connectivity index (χ0) is 23.6. The van der Waals surface area contributed by atoms with Crippen LogP contribution in [0.1, 0.15) is 54.7 Å². The molecule has 30 heavy (non-hydrogen) atoms. The molecule has 0 aromatic carbocycles. The second-order valence-electron chi connectivity index (χ2n) is 7.96. The fourth-order valence-electron chi connectivity index (χ4n) is 2.64. The summed E-state index contributed by atoms with van der Waals surface area (Å²) in [5.74, 6) is -1.10. The minimum Gasteiger partial charge on any atom is -0.463 e. The number of hydrogen-bond acceptors (Lipinski definition) is 9. The Kier molecular flexibility index (Phi) is 9.76. The molecule has 0 radical (unpaired) electrons. The number of rotatable bonds is 9. The molecule has 0 aliphatic carbocycles. The monoisotopic (exact) mass is 435 g/mol. The van der Waals surface area contributed by atoms with Gasteiger partial charge in [0.1, 0.15) is 36.6 Å². The number of amides is 2. The number of ether oxygens (including phenoxy) is 3. The quantitative estimate of drug-likeness (QED) is 0.238. The van der Waals surface area contributed by atoms with E-state index in [1.165, 1.54) is 0 Å². The molecule has 0 spiro atoms. The summed E-state index contributed by atoms with van der Waals surface area (Å²) in [5.41, 5.74) is -0.622. The minimum atomic E-state index is -1.61. The Morgan fingerprint density at radius 2 is 1.83 bits per heavy atom. The molecule has 1 fully saturated rings. The molecule has 0 aromatic rings. The van der Waals surface area contributed by atoms with Gasteiger partial charge in [0.2, 0.25) is 5.91 Å².